The molecule has 0 aliphatic carbocycles. The van der Waals surface area contributed by atoms with E-state index in [9.17, 15) is 14.4 Å². The number of aromatic nitrogens is 2. The first-order valence-corrected chi connectivity index (χ1v) is 7.67. The maximum Gasteiger partial charge on any atom is 0.273 e. The highest BCUT2D eigenvalue weighted by molar-refractivity contribution is 5.81. The molecule has 3 aromatic rings. The lowest BCUT2D eigenvalue weighted by Crippen LogP contribution is -2.36. The van der Waals surface area contributed by atoms with E-state index in [-0.39, 0.29) is 18.5 Å². The number of nitrogens with one attached hydrogen (secondary N) is 2. The van der Waals surface area contributed by atoms with Crippen molar-refractivity contribution in [3.05, 3.63) is 80.9 Å². The Balaban J connectivity index is 1.69. The quantitative estimate of drug-likeness (QED) is 0.697. The summed E-state index contributed by atoms with van der Waals surface area (Å²) in [4.78, 5) is 36.3. The molecule has 0 unspecified atom stereocenters. The van der Waals surface area contributed by atoms with Gasteiger partial charge in [-0.3, -0.25) is 19.5 Å². The number of H-pyrrole nitrogens is 1. The van der Waals surface area contributed by atoms with Crippen molar-refractivity contribution < 1.29 is 4.79 Å². The number of nitrogens with zero attached hydrogens (tertiary/aromatic N) is 1. The fraction of sp³-hybridized carbons (Fsp3) is 0.105. The summed E-state index contributed by atoms with van der Waals surface area (Å²) < 4.78 is 1.00. The lowest BCUT2D eigenvalue weighted by Gasteiger charge is -2.06. The summed E-state index contributed by atoms with van der Waals surface area (Å²) in [6.45, 7) is -0.119. The molecule has 2 aromatic carbocycles. The summed E-state index contributed by atoms with van der Waals surface area (Å²) in [5.74, 6) is 5.34. The maximum absolute atomic E-state index is 12.3. The number of hydrogen-bond acceptors (Lipinski definition) is 3. The predicted octanol–water partition coefficient (Wildman–Crippen LogP) is 0.858. The zero-order valence-electron chi connectivity index (χ0n) is 13.3. The van der Waals surface area contributed by atoms with Gasteiger partial charge < -0.3 is 5.32 Å². The standard InChI is InChI=1S/C19H15N3O3/c23-17(20-12-6-9-14-7-2-1-3-8-14)13-22-19(25)16-11-5-4-10-15(16)18(24)21-22/h1-5,7-8,10-11H,12-13H2,(H,20,23)(H,21,24). The van der Waals surface area contributed by atoms with Crippen LogP contribution >= 0.6 is 0 Å². The second-order valence-corrected chi connectivity index (χ2v) is 5.32. The lowest BCUT2D eigenvalue weighted by atomic mass is 10.2. The summed E-state index contributed by atoms with van der Waals surface area (Å²) in [5, 5.41) is 5.60. The van der Waals surface area contributed by atoms with Gasteiger partial charge in [-0.1, -0.05) is 42.2 Å². The van der Waals surface area contributed by atoms with Gasteiger partial charge in [0.1, 0.15) is 6.54 Å². The Morgan fingerprint density at radius 2 is 1.68 bits per heavy atom. The number of fused-ring (bicyclic) bond motifs is 1. The predicted molar refractivity (Wildman–Crippen MR) is 95.2 cm³/mol. The molecule has 1 amide bonds. The first-order chi connectivity index (χ1) is 12.1. The maximum atomic E-state index is 12.3. The minimum atomic E-state index is -0.416. The molecule has 3 rings (SSSR count). The van der Waals surface area contributed by atoms with E-state index in [4.69, 9.17) is 0 Å². The van der Waals surface area contributed by atoms with E-state index in [0.717, 1.165) is 10.2 Å². The lowest BCUT2D eigenvalue weighted by molar-refractivity contribution is -0.121. The van der Waals surface area contributed by atoms with Crippen molar-refractivity contribution in [2.45, 2.75) is 6.54 Å². The Hall–Kier alpha value is -3.59. The monoisotopic (exact) mass is 333 g/mol. The van der Waals surface area contributed by atoms with Crippen LogP contribution in [0.25, 0.3) is 10.8 Å². The van der Waals surface area contributed by atoms with Gasteiger partial charge in [-0.2, -0.15) is 0 Å². The Morgan fingerprint density at radius 1 is 1.00 bits per heavy atom. The van der Waals surface area contributed by atoms with Crippen molar-refractivity contribution in [2.75, 3.05) is 6.54 Å². The second kappa shape index (κ2) is 7.32. The molecule has 1 aromatic heterocycles. The third-order valence-electron chi connectivity index (χ3n) is 3.57. The summed E-state index contributed by atoms with van der Waals surface area (Å²) in [6, 6.07) is 15.9. The third kappa shape index (κ3) is 3.85. The number of amides is 1. The van der Waals surface area contributed by atoms with Crippen molar-refractivity contribution in [1.29, 1.82) is 0 Å². The van der Waals surface area contributed by atoms with Crippen LogP contribution in [0.5, 0.6) is 0 Å². The van der Waals surface area contributed by atoms with Gasteiger partial charge in [0.25, 0.3) is 11.1 Å². The second-order valence-electron chi connectivity index (χ2n) is 5.32. The van der Waals surface area contributed by atoms with Crippen LogP contribution in [0.1, 0.15) is 5.56 Å². The first-order valence-electron chi connectivity index (χ1n) is 7.67. The molecule has 0 saturated heterocycles. The van der Waals surface area contributed by atoms with E-state index in [1.54, 1.807) is 24.3 Å². The Bertz CT molecular complexity index is 1090. The molecule has 0 aliphatic heterocycles. The highest BCUT2D eigenvalue weighted by Crippen LogP contribution is 2.02. The number of benzene rings is 2. The van der Waals surface area contributed by atoms with Gasteiger partial charge in [-0.05, 0) is 24.3 Å². The van der Waals surface area contributed by atoms with Gasteiger partial charge in [-0.15, -0.1) is 0 Å². The average molecular weight is 333 g/mol. The average Bonchev–Trinajstić information content (AvgIpc) is 2.64. The highest BCUT2D eigenvalue weighted by atomic mass is 16.2. The molecule has 0 bridgehead atoms. The molecular weight excluding hydrogens is 318 g/mol. The summed E-state index contributed by atoms with van der Waals surface area (Å²) in [6.07, 6.45) is 0. The summed E-state index contributed by atoms with van der Waals surface area (Å²) in [5.41, 5.74) is 0.0272. The molecule has 6 heteroatoms. The highest BCUT2D eigenvalue weighted by Gasteiger charge is 2.09. The number of aromatic amines is 1. The number of carbonyl (C=O) groups is 1. The van der Waals surface area contributed by atoms with Gasteiger partial charge in [0, 0.05) is 5.56 Å². The number of rotatable bonds is 3. The molecule has 124 valence electrons. The van der Waals surface area contributed by atoms with Crippen LogP contribution < -0.4 is 16.4 Å². The molecule has 1 heterocycles. The first kappa shape index (κ1) is 16.3. The van der Waals surface area contributed by atoms with E-state index >= 15 is 0 Å². The van der Waals surface area contributed by atoms with E-state index in [1.165, 1.54) is 0 Å². The molecule has 0 saturated carbocycles. The SMILES string of the molecule is O=C(Cn1[nH]c(=O)c2ccccc2c1=O)NCC#Cc1ccccc1. The van der Waals surface area contributed by atoms with Gasteiger partial charge in [0.05, 0.1) is 17.3 Å². The fourth-order valence-electron chi connectivity index (χ4n) is 2.37. The van der Waals surface area contributed by atoms with Crippen LogP contribution in [0.2, 0.25) is 0 Å². The molecule has 0 atom stereocenters. The molecule has 6 nitrogen and oxygen atoms in total. The normalized spacial score (nSPS) is 10.1. The summed E-state index contributed by atoms with van der Waals surface area (Å²) >= 11 is 0. The fourth-order valence-corrected chi connectivity index (χ4v) is 2.37. The van der Waals surface area contributed by atoms with E-state index in [2.05, 4.69) is 22.3 Å². The van der Waals surface area contributed by atoms with Crippen molar-refractivity contribution >= 4 is 16.7 Å². The number of carbonyl (C=O) groups excluding carboxylic acids is 1. The Morgan fingerprint density at radius 3 is 2.44 bits per heavy atom. The largest absolute Gasteiger partial charge is 0.344 e. The smallest absolute Gasteiger partial charge is 0.273 e. The minimum Gasteiger partial charge on any atom is -0.344 e. The van der Waals surface area contributed by atoms with Crippen LogP contribution in [0.4, 0.5) is 0 Å². The van der Waals surface area contributed by atoms with E-state index < -0.39 is 17.0 Å². The molecular formula is C19H15N3O3. The Kier molecular flexibility index (Phi) is 4.77. The van der Waals surface area contributed by atoms with Gasteiger partial charge in [0.15, 0.2) is 0 Å². The zero-order chi connectivity index (χ0) is 17.6. The van der Waals surface area contributed by atoms with Gasteiger partial charge in [0.2, 0.25) is 5.91 Å². The molecule has 2 N–H and O–H groups in total. The van der Waals surface area contributed by atoms with Crippen LogP contribution in [-0.2, 0) is 11.3 Å². The molecule has 25 heavy (non-hydrogen) atoms. The van der Waals surface area contributed by atoms with Crippen LogP contribution in [0.3, 0.4) is 0 Å². The number of hydrogen-bond donors (Lipinski definition) is 2. The topological polar surface area (TPSA) is 84.0 Å². The van der Waals surface area contributed by atoms with Crippen LogP contribution in [-0.4, -0.2) is 22.2 Å². The van der Waals surface area contributed by atoms with Gasteiger partial charge in [-0.25, -0.2) is 4.68 Å². The van der Waals surface area contributed by atoms with Crippen LogP contribution in [0, 0.1) is 11.8 Å². The summed E-state index contributed by atoms with van der Waals surface area (Å²) in [7, 11) is 0. The minimum absolute atomic E-state index is 0.153. The van der Waals surface area contributed by atoms with Crippen molar-refractivity contribution in [3.63, 3.8) is 0 Å². The molecule has 0 spiro atoms. The third-order valence-corrected chi connectivity index (χ3v) is 3.57. The van der Waals surface area contributed by atoms with Crippen molar-refractivity contribution in [3.8, 4) is 11.8 Å². The molecule has 0 radical (unpaired) electrons. The Labute approximate surface area is 143 Å². The van der Waals surface area contributed by atoms with Crippen molar-refractivity contribution in [2.24, 2.45) is 0 Å². The zero-order valence-corrected chi connectivity index (χ0v) is 13.3. The van der Waals surface area contributed by atoms with Gasteiger partial charge >= 0.3 is 0 Å². The molecule has 0 fully saturated rings. The van der Waals surface area contributed by atoms with Crippen molar-refractivity contribution in [1.82, 2.24) is 15.1 Å². The molecule has 0 aliphatic rings. The van der Waals surface area contributed by atoms with Crippen LogP contribution in [0.15, 0.2) is 64.2 Å². The van der Waals surface area contributed by atoms with E-state index in [0.29, 0.717) is 5.39 Å². The van der Waals surface area contributed by atoms with E-state index in [1.807, 2.05) is 30.3 Å².